The number of carbonyl (C=O) groups excluding carboxylic acids is 7. The van der Waals surface area contributed by atoms with Crippen LogP contribution in [0.2, 0.25) is 0 Å². The van der Waals surface area contributed by atoms with Crippen molar-refractivity contribution in [1.29, 1.82) is 0 Å². The number of pyridine rings is 1. The minimum atomic E-state index is -1.67. The molecule has 0 aliphatic rings. The molecule has 1 heterocycles. The summed E-state index contributed by atoms with van der Waals surface area (Å²) in [4.78, 5) is 92.9. The number of Topliss-reactive ketones (excluding diaryl/α,β-unsaturated/α-hetero) is 2. The Labute approximate surface area is 267 Å². The molecule has 0 spiro atoms. The molecular weight excluding hydrogens is 600 g/mol. The molecule has 1 N–H and O–H groups in total. The fourth-order valence-corrected chi connectivity index (χ4v) is 4.26. The van der Waals surface area contributed by atoms with Crippen molar-refractivity contribution in [2.75, 3.05) is 13.7 Å². The van der Waals surface area contributed by atoms with Crippen LogP contribution >= 0.6 is 0 Å². The van der Waals surface area contributed by atoms with E-state index in [9.17, 15) is 33.6 Å². The minimum Gasteiger partial charge on any atom is -0.493 e. The second-order valence-electron chi connectivity index (χ2n) is 11.2. The molecule has 0 fully saturated rings. The summed E-state index contributed by atoms with van der Waals surface area (Å²) in [7, 11) is 1.26. The Morgan fingerprint density at radius 2 is 1.61 bits per heavy atom. The van der Waals surface area contributed by atoms with Crippen molar-refractivity contribution in [2.45, 2.75) is 59.6 Å². The van der Waals surface area contributed by atoms with E-state index in [1.807, 2.05) is 13.8 Å². The fourth-order valence-electron chi connectivity index (χ4n) is 4.26. The van der Waals surface area contributed by atoms with E-state index in [0.717, 1.165) is 5.56 Å². The van der Waals surface area contributed by atoms with Crippen LogP contribution in [0.1, 0.15) is 57.1 Å². The molecule has 46 heavy (non-hydrogen) atoms. The third kappa shape index (κ3) is 10.6. The average Bonchev–Trinajstić information content (AvgIpc) is 3.04. The number of hydrogen-bond acceptors (Lipinski definition) is 12. The molecular formula is C33H40N2O11. The highest BCUT2D eigenvalue weighted by Crippen LogP contribution is 2.30. The zero-order chi connectivity index (χ0) is 34.4. The standard InChI is InChI=1S/C33H40N2O11/c1-19(2)18-44-33(42)46-30-25(43-6)12-14-34-26(30)31(40)35-24(13-15-36)28(39)27(38)21(5)29(45-32(41)20(3)4)23(17-37)16-22-10-8-7-9-11-22/h7-12,14-15,17,19-21,23-24,29H,13,16,18H2,1-6H3,(H,35,40)/t21-,23+,24+,29+/m1/s1. The summed E-state index contributed by atoms with van der Waals surface area (Å²) >= 11 is 0. The molecule has 1 aromatic carbocycles. The first-order valence-electron chi connectivity index (χ1n) is 14.7. The number of ether oxygens (including phenoxy) is 4. The summed E-state index contributed by atoms with van der Waals surface area (Å²) in [5.74, 6) is -7.40. The Bertz CT molecular complexity index is 1390. The van der Waals surface area contributed by atoms with Crippen LogP contribution in [0.25, 0.3) is 0 Å². The van der Waals surface area contributed by atoms with Crippen molar-refractivity contribution in [3.05, 3.63) is 53.9 Å². The van der Waals surface area contributed by atoms with Gasteiger partial charge in [-0.1, -0.05) is 65.0 Å². The number of nitrogens with one attached hydrogen (secondary N) is 1. The monoisotopic (exact) mass is 640 g/mol. The Hall–Kier alpha value is -4.94. The molecule has 0 saturated heterocycles. The zero-order valence-corrected chi connectivity index (χ0v) is 26.7. The average molecular weight is 641 g/mol. The van der Waals surface area contributed by atoms with Gasteiger partial charge in [0, 0.05) is 18.7 Å². The van der Waals surface area contributed by atoms with Gasteiger partial charge >= 0.3 is 12.1 Å². The third-order valence-corrected chi connectivity index (χ3v) is 6.76. The minimum absolute atomic E-state index is 0.00482. The number of amides is 1. The van der Waals surface area contributed by atoms with Crippen LogP contribution in [0.3, 0.4) is 0 Å². The summed E-state index contributed by atoms with van der Waals surface area (Å²) < 4.78 is 21.0. The van der Waals surface area contributed by atoms with Crippen molar-refractivity contribution in [3.63, 3.8) is 0 Å². The molecule has 4 atom stereocenters. The molecule has 0 bridgehead atoms. The van der Waals surface area contributed by atoms with Crippen LogP contribution in [-0.2, 0) is 39.9 Å². The lowest BCUT2D eigenvalue weighted by Gasteiger charge is -2.29. The highest BCUT2D eigenvalue weighted by molar-refractivity contribution is 6.40. The molecule has 13 nitrogen and oxygen atoms in total. The lowest BCUT2D eigenvalue weighted by Crippen LogP contribution is -2.49. The van der Waals surface area contributed by atoms with E-state index in [2.05, 4.69) is 10.3 Å². The van der Waals surface area contributed by atoms with Gasteiger partial charge in [0.1, 0.15) is 24.7 Å². The summed E-state index contributed by atoms with van der Waals surface area (Å²) in [6.45, 7) is 8.13. The number of esters is 1. The zero-order valence-electron chi connectivity index (χ0n) is 26.7. The van der Waals surface area contributed by atoms with Crippen LogP contribution < -0.4 is 14.8 Å². The van der Waals surface area contributed by atoms with Gasteiger partial charge in [-0.05, 0) is 17.9 Å². The lowest BCUT2D eigenvalue weighted by atomic mass is 9.83. The molecule has 2 rings (SSSR count). The molecule has 0 aliphatic heterocycles. The fraction of sp³-hybridized carbons (Fsp3) is 0.455. The SMILES string of the molecule is COc1ccnc(C(=O)N[C@@H](CC=O)C(=O)C(=O)[C@@H](C)[C@H](OC(=O)C(C)C)[C@H](C=O)Cc2ccccc2)c1OC(=O)OCC(C)C. The van der Waals surface area contributed by atoms with Gasteiger partial charge in [0.25, 0.3) is 5.91 Å². The van der Waals surface area contributed by atoms with Crippen molar-refractivity contribution in [2.24, 2.45) is 23.7 Å². The van der Waals surface area contributed by atoms with Gasteiger partial charge in [0.05, 0.1) is 31.5 Å². The van der Waals surface area contributed by atoms with Crippen LogP contribution in [0.5, 0.6) is 11.5 Å². The molecule has 0 unspecified atom stereocenters. The maximum absolute atomic E-state index is 13.5. The largest absolute Gasteiger partial charge is 0.514 e. The predicted octanol–water partition coefficient (Wildman–Crippen LogP) is 3.35. The Kier molecular flexibility index (Phi) is 14.7. The van der Waals surface area contributed by atoms with E-state index in [4.69, 9.17) is 18.9 Å². The van der Waals surface area contributed by atoms with E-state index >= 15 is 0 Å². The second kappa shape index (κ2) is 18.1. The summed E-state index contributed by atoms with van der Waals surface area (Å²) in [5, 5.41) is 2.30. The Balaban J connectivity index is 2.36. The van der Waals surface area contributed by atoms with Gasteiger partial charge < -0.3 is 33.9 Å². The lowest BCUT2D eigenvalue weighted by molar-refractivity contribution is -0.162. The number of nitrogens with zero attached hydrogens (tertiary/aromatic N) is 1. The van der Waals surface area contributed by atoms with Crippen LogP contribution in [0.15, 0.2) is 42.6 Å². The number of aldehydes is 2. The van der Waals surface area contributed by atoms with Crippen molar-refractivity contribution < 1.29 is 52.5 Å². The van der Waals surface area contributed by atoms with Crippen molar-refractivity contribution in [3.8, 4) is 11.5 Å². The van der Waals surface area contributed by atoms with Gasteiger partial charge in [0.2, 0.25) is 17.3 Å². The highest BCUT2D eigenvalue weighted by Gasteiger charge is 2.40. The molecule has 13 heteroatoms. The first-order chi connectivity index (χ1) is 21.8. The number of rotatable bonds is 18. The molecule has 2 aromatic rings. The predicted molar refractivity (Wildman–Crippen MR) is 163 cm³/mol. The maximum atomic E-state index is 13.5. The van der Waals surface area contributed by atoms with Gasteiger partial charge in [0.15, 0.2) is 11.4 Å². The number of carbonyl (C=O) groups is 7. The highest BCUT2D eigenvalue weighted by atomic mass is 16.7. The maximum Gasteiger partial charge on any atom is 0.514 e. The van der Waals surface area contributed by atoms with E-state index in [0.29, 0.717) is 12.6 Å². The quantitative estimate of drug-likeness (QED) is 0.143. The van der Waals surface area contributed by atoms with E-state index in [1.165, 1.54) is 26.3 Å². The van der Waals surface area contributed by atoms with Gasteiger partial charge in [-0.2, -0.15) is 0 Å². The van der Waals surface area contributed by atoms with Gasteiger partial charge in [-0.15, -0.1) is 0 Å². The Morgan fingerprint density at radius 3 is 2.17 bits per heavy atom. The first kappa shape index (κ1) is 37.2. The van der Waals surface area contributed by atoms with Crippen molar-refractivity contribution in [1.82, 2.24) is 10.3 Å². The molecule has 0 saturated carbocycles. The Morgan fingerprint density at radius 1 is 0.935 bits per heavy atom. The summed E-state index contributed by atoms with van der Waals surface area (Å²) in [6, 6.07) is 8.49. The van der Waals surface area contributed by atoms with Crippen LogP contribution in [0.4, 0.5) is 4.79 Å². The van der Waals surface area contributed by atoms with E-state index in [1.54, 1.807) is 44.2 Å². The number of methoxy groups -OCH3 is 1. The smallest absolute Gasteiger partial charge is 0.493 e. The number of aromatic nitrogens is 1. The summed E-state index contributed by atoms with van der Waals surface area (Å²) in [6.07, 6.45) is -0.868. The number of benzene rings is 1. The first-order valence-corrected chi connectivity index (χ1v) is 14.7. The number of hydrogen-bond donors (Lipinski definition) is 1. The van der Waals surface area contributed by atoms with E-state index < -0.39 is 77.4 Å². The second-order valence-corrected chi connectivity index (χ2v) is 11.2. The molecule has 0 aliphatic carbocycles. The van der Waals surface area contributed by atoms with E-state index in [-0.39, 0.29) is 24.7 Å². The number of ketones is 2. The third-order valence-electron chi connectivity index (χ3n) is 6.76. The molecule has 1 amide bonds. The molecule has 0 radical (unpaired) electrons. The normalized spacial score (nSPS) is 13.5. The summed E-state index contributed by atoms with van der Waals surface area (Å²) in [5.41, 5.74) is 0.247. The van der Waals surface area contributed by atoms with Gasteiger partial charge in [-0.3, -0.25) is 19.2 Å². The van der Waals surface area contributed by atoms with Gasteiger partial charge in [-0.25, -0.2) is 9.78 Å². The van der Waals surface area contributed by atoms with Crippen LogP contribution in [0, 0.1) is 23.7 Å². The van der Waals surface area contributed by atoms with Crippen molar-refractivity contribution >= 4 is 42.2 Å². The molecule has 1 aromatic heterocycles. The molecule has 248 valence electrons. The topological polar surface area (TPSA) is 181 Å². The van der Waals surface area contributed by atoms with Crippen LogP contribution in [-0.4, -0.2) is 73.0 Å².